The first-order valence-electron chi connectivity index (χ1n) is 9.48. The van der Waals surface area contributed by atoms with Gasteiger partial charge in [0.1, 0.15) is 17.6 Å². The van der Waals surface area contributed by atoms with E-state index in [4.69, 9.17) is 19.7 Å². The van der Waals surface area contributed by atoms with Gasteiger partial charge in [0.2, 0.25) is 0 Å². The van der Waals surface area contributed by atoms with Gasteiger partial charge >= 0.3 is 11.9 Å². The minimum atomic E-state index is -0.991. The van der Waals surface area contributed by atoms with Crippen LogP contribution in [0.2, 0.25) is 0 Å². The summed E-state index contributed by atoms with van der Waals surface area (Å²) in [5.41, 5.74) is 0. The maximum absolute atomic E-state index is 11.3. The molecular formula is C23H32I2O7. The average molecular weight is 674 g/mol. The Kier molecular flexibility index (Phi) is 19.3. The van der Waals surface area contributed by atoms with Gasteiger partial charge in [-0.15, -0.1) is 0 Å². The third kappa shape index (κ3) is 16.1. The maximum atomic E-state index is 11.3. The summed E-state index contributed by atoms with van der Waals surface area (Å²) in [4.78, 5) is 21.5. The van der Waals surface area contributed by atoms with Crippen LogP contribution in [0.1, 0.15) is 35.1 Å². The van der Waals surface area contributed by atoms with E-state index < -0.39 is 18.2 Å². The van der Waals surface area contributed by atoms with Crippen LogP contribution in [0.15, 0.2) is 48.5 Å². The van der Waals surface area contributed by atoms with Crippen molar-refractivity contribution in [3.8, 4) is 11.5 Å². The molecule has 9 heteroatoms. The lowest BCUT2D eigenvalue weighted by Gasteiger charge is -2.13. The van der Waals surface area contributed by atoms with E-state index in [1.165, 1.54) is 6.92 Å². The van der Waals surface area contributed by atoms with Crippen LogP contribution in [-0.2, 0) is 19.1 Å². The third-order valence-corrected chi connectivity index (χ3v) is 4.64. The molecule has 32 heavy (non-hydrogen) atoms. The number of benzene rings is 2. The molecule has 0 fully saturated rings. The molecule has 0 saturated heterocycles. The molecule has 0 spiro atoms. The van der Waals surface area contributed by atoms with Crippen LogP contribution in [0.25, 0.3) is 0 Å². The monoisotopic (exact) mass is 674 g/mol. The Morgan fingerprint density at radius 1 is 0.844 bits per heavy atom. The summed E-state index contributed by atoms with van der Waals surface area (Å²) in [5.74, 6) is 0.102. The second-order valence-electron chi connectivity index (χ2n) is 5.87. The fraction of sp³-hybridized carbons (Fsp3) is 0.391. The minimum Gasteiger partial charge on any atom is -0.508 e. The van der Waals surface area contributed by atoms with E-state index in [1.54, 1.807) is 32.9 Å². The zero-order valence-electron chi connectivity index (χ0n) is 17.9. The number of phenolic OH excluding ortho intramolecular Hbond substituents is 1. The molecule has 0 radical (unpaired) electrons. The van der Waals surface area contributed by atoms with E-state index in [-0.39, 0.29) is 13.4 Å². The second-order valence-corrected chi connectivity index (χ2v) is 8.36. The number of phenols is 1. The highest BCUT2D eigenvalue weighted by Gasteiger charge is 2.15. The molecule has 0 aliphatic carbocycles. The number of carbonyl (C=O) groups excluding carboxylic acids is 2. The molecule has 0 heterocycles. The van der Waals surface area contributed by atoms with Gasteiger partial charge in [0.25, 0.3) is 0 Å². The van der Waals surface area contributed by atoms with Crippen molar-refractivity contribution >= 4 is 57.1 Å². The number of aliphatic hydroxyl groups excluding tert-OH is 1. The number of aliphatic hydroxyl groups is 1. The van der Waals surface area contributed by atoms with Gasteiger partial charge in [-0.3, -0.25) is 0 Å². The van der Waals surface area contributed by atoms with E-state index in [0.29, 0.717) is 24.7 Å². The summed E-state index contributed by atoms with van der Waals surface area (Å²) in [7, 11) is 0. The smallest absolute Gasteiger partial charge is 0.347 e. The molecule has 0 aliphatic rings. The molecule has 2 atom stereocenters. The average Bonchev–Trinajstić information content (AvgIpc) is 2.73. The predicted octanol–water partition coefficient (Wildman–Crippen LogP) is 5.18. The molecule has 0 unspecified atom stereocenters. The number of carbonyl (C=O) groups is 2. The third-order valence-electron chi connectivity index (χ3n) is 3.20. The topological polar surface area (TPSA) is 102 Å². The van der Waals surface area contributed by atoms with Crippen LogP contribution in [0.3, 0.4) is 0 Å². The summed E-state index contributed by atoms with van der Waals surface area (Å²) in [5, 5.41) is 17.2. The molecular weight excluding hydrogens is 642 g/mol. The summed E-state index contributed by atoms with van der Waals surface area (Å²) < 4.78 is 16.9. The molecule has 2 N–H and O–H groups in total. The van der Waals surface area contributed by atoms with Gasteiger partial charge < -0.3 is 24.4 Å². The van der Waals surface area contributed by atoms with E-state index >= 15 is 0 Å². The van der Waals surface area contributed by atoms with Gasteiger partial charge in [-0.1, -0.05) is 7.43 Å². The van der Waals surface area contributed by atoms with Crippen molar-refractivity contribution in [3.05, 3.63) is 55.7 Å². The van der Waals surface area contributed by atoms with Crippen LogP contribution >= 0.6 is 45.2 Å². The van der Waals surface area contributed by atoms with Crippen molar-refractivity contribution in [2.75, 3.05) is 13.2 Å². The van der Waals surface area contributed by atoms with Crippen LogP contribution < -0.4 is 4.74 Å². The van der Waals surface area contributed by atoms with Crippen molar-refractivity contribution in [1.29, 1.82) is 0 Å². The van der Waals surface area contributed by atoms with Crippen molar-refractivity contribution in [2.24, 2.45) is 0 Å². The molecule has 0 aromatic heterocycles. The van der Waals surface area contributed by atoms with Crippen LogP contribution in [0, 0.1) is 7.14 Å². The molecule has 2 aromatic carbocycles. The Hall–Kier alpha value is -1.60. The van der Waals surface area contributed by atoms with E-state index in [9.17, 15) is 9.59 Å². The zero-order chi connectivity index (χ0) is 23.8. The fourth-order valence-electron chi connectivity index (χ4n) is 1.73. The highest BCUT2D eigenvalue weighted by atomic mass is 127. The normalized spacial score (nSPS) is 11.1. The summed E-state index contributed by atoms with van der Waals surface area (Å²) >= 11 is 4.40. The molecule has 0 amide bonds. The minimum absolute atomic E-state index is 0. The first-order chi connectivity index (χ1) is 14.6. The van der Waals surface area contributed by atoms with E-state index in [0.717, 1.165) is 7.14 Å². The molecule has 0 bridgehead atoms. The highest BCUT2D eigenvalue weighted by molar-refractivity contribution is 14.1. The van der Waals surface area contributed by atoms with Crippen molar-refractivity contribution in [2.45, 2.75) is 47.3 Å². The van der Waals surface area contributed by atoms with Crippen molar-refractivity contribution in [3.63, 3.8) is 0 Å². The molecule has 2 aromatic rings. The Bertz CT molecular complexity index is 742. The van der Waals surface area contributed by atoms with Gasteiger partial charge in [0, 0.05) is 7.14 Å². The second kappa shape index (κ2) is 18.9. The molecule has 0 saturated carbocycles. The van der Waals surface area contributed by atoms with Crippen molar-refractivity contribution < 1.29 is 34.0 Å². The van der Waals surface area contributed by atoms with Gasteiger partial charge in [-0.25, -0.2) is 9.59 Å². The lowest BCUT2D eigenvalue weighted by atomic mass is 10.3. The van der Waals surface area contributed by atoms with E-state index in [1.807, 2.05) is 36.4 Å². The van der Waals surface area contributed by atoms with Crippen LogP contribution in [0.5, 0.6) is 11.5 Å². The number of ether oxygens (including phenoxy) is 3. The number of hydrogen-bond donors (Lipinski definition) is 2. The van der Waals surface area contributed by atoms with E-state index in [2.05, 4.69) is 49.9 Å². The Morgan fingerprint density at radius 2 is 1.25 bits per heavy atom. The Balaban J connectivity index is 0. The quantitative estimate of drug-likeness (QED) is 0.322. The van der Waals surface area contributed by atoms with Gasteiger partial charge in [0.05, 0.1) is 13.2 Å². The standard InChI is InChI=1S/C11H13IO3.C6H5IO.C5H10O3.CH4/c1-3-14-11(13)8(2)15-10-6-4-9(12)5-7-10;7-5-1-3-6(8)4-2-5;1-3-8-5(7)4(2)6;/h4-8H,3H2,1-2H3;1-4,8H;4,6H,3H2,1-2H3;1H4/t8-;;4-;/m1.0./s1. The Morgan fingerprint density at radius 3 is 1.59 bits per heavy atom. The SMILES string of the molecule is C.CCOC(=O)[C@@H](C)Oc1ccc(I)cc1.CCOC(=O)[C@H](C)O.Oc1ccc(I)cc1. The molecule has 7 nitrogen and oxygen atoms in total. The number of hydrogen-bond acceptors (Lipinski definition) is 7. The fourth-order valence-corrected chi connectivity index (χ4v) is 2.45. The molecule has 180 valence electrons. The lowest BCUT2D eigenvalue weighted by Crippen LogP contribution is -2.25. The first kappa shape index (κ1) is 32.6. The van der Waals surface area contributed by atoms with Crippen LogP contribution in [0.4, 0.5) is 0 Å². The van der Waals surface area contributed by atoms with Gasteiger partial charge in [-0.2, -0.15) is 0 Å². The number of aromatic hydroxyl groups is 1. The summed E-state index contributed by atoms with van der Waals surface area (Å²) in [6, 6.07) is 14.6. The lowest BCUT2D eigenvalue weighted by molar-refractivity contribution is -0.152. The number of rotatable bonds is 6. The van der Waals surface area contributed by atoms with Gasteiger partial charge in [0.15, 0.2) is 6.10 Å². The summed E-state index contributed by atoms with van der Waals surface area (Å²) in [6.45, 7) is 7.21. The molecule has 2 rings (SSSR count). The number of halogens is 2. The van der Waals surface area contributed by atoms with Crippen molar-refractivity contribution in [1.82, 2.24) is 0 Å². The molecule has 0 aliphatic heterocycles. The Labute approximate surface area is 217 Å². The summed E-state index contributed by atoms with van der Waals surface area (Å²) in [6.07, 6.45) is -1.56. The predicted molar refractivity (Wildman–Crippen MR) is 142 cm³/mol. The maximum Gasteiger partial charge on any atom is 0.347 e. The number of esters is 2. The first-order valence-corrected chi connectivity index (χ1v) is 11.6. The zero-order valence-corrected chi connectivity index (χ0v) is 22.2. The largest absolute Gasteiger partial charge is 0.508 e. The van der Waals surface area contributed by atoms with Gasteiger partial charge in [-0.05, 0) is 121 Å². The van der Waals surface area contributed by atoms with Crippen LogP contribution in [-0.4, -0.2) is 47.6 Å². The highest BCUT2D eigenvalue weighted by Crippen LogP contribution is 2.15.